The number of H-pyrrole nitrogens is 1. The van der Waals surface area contributed by atoms with Crippen LogP contribution in [0.1, 0.15) is 36.0 Å². The van der Waals surface area contributed by atoms with Crippen molar-refractivity contribution in [1.82, 2.24) is 9.88 Å². The Morgan fingerprint density at radius 1 is 1.10 bits per heavy atom. The van der Waals surface area contributed by atoms with Gasteiger partial charge < -0.3 is 9.88 Å². The summed E-state index contributed by atoms with van der Waals surface area (Å²) in [5.74, 6) is 1.71. The zero-order valence-corrected chi connectivity index (χ0v) is 11.6. The van der Waals surface area contributed by atoms with Crippen molar-refractivity contribution < 1.29 is 4.79 Å². The van der Waals surface area contributed by atoms with Crippen LogP contribution in [0.25, 0.3) is 10.9 Å². The Hall–Kier alpha value is -1.77. The fraction of sp³-hybridized carbons (Fsp3) is 0.471. The number of aromatic nitrogens is 1. The summed E-state index contributed by atoms with van der Waals surface area (Å²) in [4.78, 5) is 18.2. The number of nitrogens with one attached hydrogen (secondary N) is 1. The number of amides is 1. The van der Waals surface area contributed by atoms with Crippen LogP contribution in [0.4, 0.5) is 0 Å². The van der Waals surface area contributed by atoms with Crippen LogP contribution in [-0.4, -0.2) is 28.9 Å². The molecule has 2 aliphatic carbocycles. The molecule has 0 bridgehead atoms. The highest BCUT2D eigenvalue weighted by Crippen LogP contribution is 2.34. The van der Waals surface area contributed by atoms with E-state index < -0.39 is 0 Å². The average molecular weight is 268 g/mol. The van der Waals surface area contributed by atoms with Crippen molar-refractivity contribution in [2.45, 2.75) is 25.7 Å². The van der Waals surface area contributed by atoms with E-state index in [0.717, 1.165) is 41.4 Å². The Kier molecular flexibility index (Phi) is 2.79. The third kappa shape index (κ3) is 2.33. The molecule has 1 heterocycles. The van der Waals surface area contributed by atoms with Crippen molar-refractivity contribution in [3.05, 3.63) is 36.0 Å². The minimum atomic E-state index is 0.205. The molecule has 2 aromatic rings. The molecular weight excluding hydrogens is 248 g/mol. The molecule has 3 heteroatoms. The molecule has 4 rings (SSSR count). The molecule has 0 spiro atoms. The molecule has 1 aromatic heterocycles. The molecule has 1 amide bonds. The maximum Gasteiger partial charge on any atom is 0.256 e. The summed E-state index contributed by atoms with van der Waals surface area (Å²) in [5, 5.41) is 1.12. The van der Waals surface area contributed by atoms with Crippen LogP contribution in [0.5, 0.6) is 0 Å². The zero-order chi connectivity index (χ0) is 13.5. The number of carbonyl (C=O) groups is 1. The van der Waals surface area contributed by atoms with Crippen molar-refractivity contribution >= 4 is 16.8 Å². The van der Waals surface area contributed by atoms with Gasteiger partial charge in [-0.3, -0.25) is 4.79 Å². The summed E-state index contributed by atoms with van der Waals surface area (Å²) in [5.41, 5.74) is 1.81. The standard InChI is InChI=1S/C17H20N2O/c20-17(15-3-1-2-14-8-9-18-16(14)15)19(10-12-4-5-12)11-13-6-7-13/h1-3,8-9,12-13,18H,4-7,10-11H2. The quantitative estimate of drug-likeness (QED) is 0.886. The number of carbonyl (C=O) groups excluding carboxylic acids is 1. The molecule has 2 aliphatic rings. The minimum Gasteiger partial charge on any atom is -0.361 e. The van der Waals surface area contributed by atoms with Gasteiger partial charge in [0.15, 0.2) is 0 Å². The van der Waals surface area contributed by atoms with E-state index in [1.165, 1.54) is 25.7 Å². The summed E-state index contributed by atoms with van der Waals surface area (Å²) in [7, 11) is 0. The minimum absolute atomic E-state index is 0.205. The number of benzene rings is 1. The molecule has 0 unspecified atom stereocenters. The lowest BCUT2D eigenvalue weighted by Gasteiger charge is -2.23. The van der Waals surface area contributed by atoms with Gasteiger partial charge in [0.25, 0.3) is 5.91 Å². The maximum absolute atomic E-state index is 12.9. The third-order valence-corrected chi connectivity index (χ3v) is 4.46. The second-order valence-electron chi connectivity index (χ2n) is 6.34. The van der Waals surface area contributed by atoms with Gasteiger partial charge in [-0.2, -0.15) is 0 Å². The van der Waals surface area contributed by atoms with Gasteiger partial charge in [0, 0.05) is 24.7 Å². The van der Waals surface area contributed by atoms with Crippen LogP contribution in [0.2, 0.25) is 0 Å². The van der Waals surface area contributed by atoms with Gasteiger partial charge in [0.05, 0.1) is 11.1 Å². The van der Waals surface area contributed by atoms with Crippen LogP contribution in [0, 0.1) is 11.8 Å². The van der Waals surface area contributed by atoms with Gasteiger partial charge in [-0.25, -0.2) is 0 Å². The van der Waals surface area contributed by atoms with E-state index in [4.69, 9.17) is 0 Å². The number of hydrogen-bond donors (Lipinski definition) is 1. The first-order valence-electron chi connectivity index (χ1n) is 7.66. The lowest BCUT2D eigenvalue weighted by atomic mass is 10.1. The number of para-hydroxylation sites is 1. The lowest BCUT2D eigenvalue weighted by Crippen LogP contribution is -2.34. The van der Waals surface area contributed by atoms with E-state index in [2.05, 4.69) is 16.0 Å². The fourth-order valence-corrected chi connectivity index (χ4v) is 2.90. The summed E-state index contributed by atoms with van der Waals surface area (Å²) in [6, 6.07) is 8.01. The number of nitrogens with zero attached hydrogens (tertiary/aromatic N) is 1. The Bertz CT molecular complexity index is 623. The number of rotatable bonds is 5. The van der Waals surface area contributed by atoms with Crippen LogP contribution in [0.3, 0.4) is 0 Å². The van der Waals surface area contributed by atoms with Crippen LogP contribution in [-0.2, 0) is 0 Å². The van der Waals surface area contributed by atoms with Crippen molar-refractivity contribution in [3.63, 3.8) is 0 Å². The van der Waals surface area contributed by atoms with E-state index in [1.807, 2.05) is 24.4 Å². The van der Waals surface area contributed by atoms with Gasteiger partial charge in [0.1, 0.15) is 0 Å². The second-order valence-corrected chi connectivity index (χ2v) is 6.34. The smallest absolute Gasteiger partial charge is 0.256 e. The van der Waals surface area contributed by atoms with Gasteiger partial charge >= 0.3 is 0 Å². The van der Waals surface area contributed by atoms with E-state index in [0.29, 0.717) is 0 Å². The molecule has 0 saturated heterocycles. The first-order valence-corrected chi connectivity index (χ1v) is 7.66. The van der Waals surface area contributed by atoms with E-state index in [9.17, 15) is 4.79 Å². The fourth-order valence-electron chi connectivity index (χ4n) is 2.90. The van der Waals surface area contributed by atoms with Gasteiger partial charge in [-0.15, -0.1) is 0 Å². The highest BCUT2D eigenvalue weighted by Gasteiger charge is 2.32. The molecule has 1 aromatic carbocycles. The third-order valence-electron chi connectivity index (χ3n) is 4.46. The topological polar surface area (TPSA) is 36.1 Å². The largest absolute Gasteiger partial charge is 0.361 e. The Labute approximate surface area is 119 Å². The van der Waals surface area contributed by atoms with Crippen molar-refractivity contribution in [2.75, 3.05) is 13.1 Å². The Balaban J connectivity index is 1.63. The van der Waals surface area contributed by atoms with E-state index in [1.54, 1.807) is 0 Å². The molecule has 0 atom stereocenters. The molecule has 2 saturated carbocycles. The predicted octanol–water partition coefficient (Wildman–Crippen LogP) is 3.43. The molecular formula is C17H20N2O. The number of aromatic amines is 1. The highest BCUT2D eigenvalue weighted by atomic mass is 16.2. The average Bonchev–Trinajstić information content (AvgIpc) is 3.38. The first-order chi connectivity index (χ1) is 9.81. The van der Waals surface area contributed by atoms with Gasteiger partial charge in [0.2, 0.25) is 0 Å². The van der Waals surface area contributed by atoms with Crippen molar-refractivity contribution in [2.24, 2.45) is 11.8 Å². The Morgan fingerprint density at radius 2 is 1.80 bits per heavy atom. The summed E-state index contributed by atoms with van der Waals surface area (Å²) in [6.07, 6.45) is 7.08. The molecule has 0 radical (unpaired) electrons. The highest BCUT2D eigenvalue weighted by molar-refractivity contribution is 6.05. The lowest BCUT2D eigenvalue weighted by molar-refractivity contribution is 0.0741. The zero-order valence-electron chi connectivity index (χ0n) is 11.6. The van der Waals surface area contributed by atoms with Crippen molar-refractivity contribution in [1.29, 1.82) is 0 Å². The van der Waals surface area contributed by atoms with Gasteiger partial charge in [-0.05, 0) is 49.7 Å². The first kappa shape index (κ1) is 12.0. The van der Waals surface area contributed by atoms with Crippen LogP contribution < -0.4 is 0 Å². The SMILES string of the molecule is O=C(c1cccc2cc[nH]c12)N(CC1CC1)CC1CC1. The molecule has 0 aliphatic heterocycles. The summed E-state index contributed by atoms with van der Waals surface area (Å²) in [6.45, 7) is 1.90. The maximum atomic E-state index is 12.9. The number of hydrogen-bond acceptors (Lipinski definition) is 1. The normalized spacial score (nSPS) is 18.4. The molecule has 20 heavy (non-hydrogen) atoms. The molecule has 3 nitrogen and oxygen atoms in total. The summed E-state index contributed by atoms with van der Waals surface area (Å²) < 4.78 is 0. The van der Waals surface area contributed by atoms with Crippen LogP contribution >= 0.6 is 0 Å². The molecule has 104 valence electrons. The Morgan fingerprint density at radius 3 is 2.45 bits per heavy atom. The number of fused-ring (bicyclic) bond motifs is 1. The summed E-state index contributed by atoms with van der Waals surface area (Å²) >= 11 is 0. The van der Waals surface area contributed by atoms with Crippen LogP contribution in [0.15, 0.2) is 30.5 Å². The predicted molar refractivity (Wildman–Crippen MR) is 79.7 cm³/mol. The van der Waals surface area contributed by atoms with E-state index in [-0.39, 0.29) is 5.91 Å². The second kappa shape index (κ2) is 4.65. The van der Waals surface area contributed by atoms with Crippen molar-refractivity contribution in [3.8, 4) is 0 Å². The monoisotopic (exact) mass is 268 g/mol. The molecule has 1 N–H and O–H groups in total. The van der Waals surface area contributed by atoms with Gasteiger partial charge in [-0.1, -0.05) is 12.1 Å². The molecule has 2 fully saturated rings. The van der Waals surface area contributed by atoms with E-state index >= 15 is 0 Å².